The van der Waals surface area contributed by atoms with Crippen LogP contribution in [0.4, 0.5) is 5.69 Å². The zero-order valence-electron chi connectivity index (χ0n) is 18.3. The van der Waals surface area contributed by atoms with Crippen LogP contribution in [0.2, 0.25) is 0 Å². The minimum Gasteiger partial charge on any atom is -0.493 e. The lowest BCUT2D eigenvalue weighted by Crippen LogP contribution is -2.38. The van der Waals surface area contributed by atoms with Crippen LogP contribution in [0.15, 0.2) is 46.9 Å². The monoisotopic (exact) mass is 517 g/mol. The zero-order chi connectivity index (χ0) is 23.1. The SMILES string of the molecule is CCCOc1ccc(Br)cc1C(=O)NC(=S)Nc1cccc(C(=O)N2CCC(C)CC2)c1. The number of anilines is 1. The maximum Gasteiger partial charge on any atom is 0.261 e. The first-order valence-electron chi connectivity index (χ1n) is 10.8. The number of thiocarbonyl (C=S) groups is 1. The minimum absolute atomic E-state index is 0.0161. The van der Waals surface area contributed by atoms with Crippen molar-refractivity contribution in [2.75, 3.05) is 25.0 Å². The summed E-state index contributed by atoms with van der Waals surface area (Å²) in [7, 11) is 0. The number of hydrogen-bond donors (Lipinski definition) is 2. The number of carbonyl (C=O) groups is 2. The van der Waals surface area contributed by atoms with E-state index in [1.165, 1.54) is 0 Å². The molecule has 2 aromatic rings. The van der Waals surface area contributed by atoms with E-state index in [0.717, 1.165) is 36.8 Å². The number of nitrogens with zero attached hydrogens (tertiary/aromatic N) is 1. The number of hydrogen-bond acceptors (Lipinski definition) is 4. The van der Waals surface area contributed by atoms with Gasteiger partial charge in [-0.2, -0.15) is 0 Å². The lowest BCUT2D eigenvalue weighted by atomic mass is 9.98. The lowest BCUT2D eigenvalue weighted by Gasteiger charge is -2.30. The van der Waals surface area contributed by atoms with Crippen LogP contribution in [0.25, 0.3) is 0 Å². The smallest absolute Gasteiger partial charge is 0.261 e. The molecule has 1 fully saturated rings. The van der Waals surface area contributed by atoms with Crippen molar-refractivity contribution in [3.8, 4) is 5.75 Å². The van der Waals surface area contributed by atoms with Crippen LogP contribution >= 0.6 is 28.1 Å². The Bertz CT molecular complexity index is 990. The molecule has 1 aliphatic rings. The summed E-state index contributed by atoms with van der Waals surface area (Å²) in [4.78, 5) is 27.5. The van der Waals surface area contributed by atoms with E-state index in [9.17, 15) is 9.59 Å². The molecule has 2 aromatic carbocycles. The first-order chi connectivity index (χ1) is 15.4. The van der Waals surface area contributed by atoms with Gasteiger partial charge in [0.2, 0.25) is 0 Å². The molecule has 2 N–H and O–H groups in total. The highest BCUT2D eigenvalue weighted by Gasteiger charge is 2.21. The molecule has 170 valence electrons. The molecule has 1 aliphatic heterocycles. The third-order valence-corrected chi connectivity index (χ3v) is 6.01. The molecule has 1 heterocycles. The van der Waals surface area contributed by atoms with Crippen LogP contribution in [-0.2, 0) is 0 Å². The van der Waals surface area contributed by atoms with Gasteiger partial charge in [0, 0.05) is 28.8 Å². The van der Waals surface area contributed by atoms with Crippen molar-refractivity contribution in [3.05, 3.63) is 58.1 Å². The number of halogens is 1. The van der Waals surface area contributed by atoms with Crippen molar-refractivity contribution in [3.63, 3.8) is 0 Å². The Labute approximate surface area is 202 Å². The average molecular weight is 518 g/mol. The maximum atomic E-state index is 12.8. The molecule has 0 radical (unpaired) electrons. The number of nitrogens with one attached hydrogen (secondary N) is 2. The van der Waals surface area contributed by atoms with Gasteiger partial charge >= 0.3 is 0 Å². The second kappa shape index (κ2) is 11.4. The number of ether oxygens (including phenoxy) is 1. The fraction of sp³-hybridized carbons (Fsp3) is 0.375. The van der Waals surface area contributed by atoms with E-state index in [1.807, 2.05) is 24.0 Å². The van der Waals surface area contributed by atoms with Gasteiger partial charge in [0.25, 0.3) is 11.8 Å². The van der Waals surface area contributed by atoms with Crippen LogP contribution in [0, 0.1) is 5.92 Å². The zero-order valence-corrected chi connectivity index (χ0v) is 20.7. The number of amides is 2. The Morgan fingerprint density at radius 1 is 1.19 bits per heavy atom. The van der Waals surface area contributed by atoms with E-state index < -0.39 is 0 Å². The van der Waals surface area contributed by atoms with Crippen LogP contribution in [0.5, 0.6) is 5.75 Å². The first-order valence-corrected chi connectivity index (χ1v) is 12.0. The molecule has 0 unspecified atom stereocenters. The Morgan fingerprint density at radius 3 is 2.66 bits per heavy atom. The van der Waals surface area contributed by atoms with Crippen molar-refractivity contribution in [2.24, 2.45) is 5.92 Å². The number of rotatable bonds is 6. The van der Waals surface area contributed by atoms with E-state index in [-0.39, 0.29) is 16.9 Å². The number of carbonyl (C=O) groups excluding carboxylic acids is 2. The van der Waals surface area contributed by atoms with Gasteiger partial charge in [-0.1, -0.05) is 35.8 Å². The topological polar surface area (TPSA) is 70.7 Å². The van der Waals surface area contributed by atoms with E-state index >= 15 is 0 Å². The molecule has 0 aromatic heterocycles. The Balaban J connectivity index is 1.64. The van der Waals surface area contributed by atoms with E-state index in [1.54, 1.807) is 30.3 Å². The fourth-order valence-electron chi connectivity index (χ4n) is 3.47. The molecule has 0 spiro atoms. The Kier molecular flexibility index (Phi) is 8.64. The highest BCUT2D eigenvalue weighted by molar-refractivity contribution is 9.10. The molecule has 1 saturated heterocycles. The summed E-state index contributed by atoms with van der Waals surface area (Å²) in [6.45, 7) is 6.29. The normalized spacial score (nSPS) is 14.0. The minimum atomic E-state index is -0.371. The van der Waals surface area contributed by atoms with Gasteiger partial charge in [0.05, 0.1) is 12.2 Å². The Morgan fingerprint density at radius 2 is 1.94 bits per heavy atom. The molecule has 2 amide bonds. The molecule has 0 saturated carbocycles. The summed E-state index contributed by atoms with van der Waals surface area (Å²) in [5, 5.41) is 5.84. The average Bonchev–Trinajstić information content (AvgIpc) is 2.78. The van der Waals surface area contributed by atoms with Crippen molar-refractivity contribution >= 4 is 50.8 Å². The molecule has 0 bridgehead atoms. The van der Waals surface area contributed by atoms with Crippen molar-refractivity contribution in [1.29, 1.82) is 0 Å². The van der Waals surface area contributed by atoms with E-state index in [2.05, 4.69) is 33.5 Å². The predicted octanol–water partition coefficient (Wildman–Crippen LogP) is 5.24. The second-order valence-corrected chi connectivity index (χ2v) is 9.28. The van der Waals surface area contributed by atoms with Crippen LogP contribution in [-0.4, -0.2) is 41.5 Å². The van der Waals surface area contributed by atoms with Crippen molar-refractivity contribution in [2.45, 2.75) is 33.1 Å². The number of likely N-dealkylation sites (tertiary alicyclic amines) is 1. The summed E-state index contributed by atoms with van der Waals surface area (Å²) in [5.74, 6) is 0.803. The van der Waals surface area contributed by atoms with Crippen molar-refractivity contribution in [1.82, 2.24) is 10.2 Å². The molecule has 0 atom stereocenters. The quantitative estimate of drug-likeness (QED) is 0.512. The van der Waals surface area contributed by atoms with Crippen LogP contribution < -0.4 is 15.4 Å². The molecule has 6 nitrogen and oxygen atoms in total. The fourth-order valence-corrected chi connectivity index (χ4v) is 4.05. The lowest BCUT2D eigenvalue weighted by molar-refractivity contribution is 0.0697. The molecule has 8 heteroatoms. The van der Waals surface area contributed by atoms with Gasteiger partial charge in [-0.15, -0.1) is 0 Å². The Hall–Kier alpha value is -2.45. The number of benzene rings is 2. The molecule has 32 heavy (non-hydrogen) atoms. The van der Waals surface area contributed by atoms with Gasteiger partial charge in [-0.3, -0.25) is 14.9 Å². The predicted molar refractivity (Wildman–Crippen MR) is 134 cm³/mol. The summed E-state index contributed by atoms with van der Waals surface area (Å²) < 4.78 is 6.45. The van der Waals surface area contributed by atoms with Gasteiger partial charge in [0.15, 0.2) is 5.11 Å². The van der Waals surface area contributed by atoms with Crippen LogP contribution in [0.1, 0.15) is 53.8 Å². The van der Waals surface area contributed by atoms with Crippen LogP contribution in [0.3, 0.4) is 0 Å². The largest absolute Gasteiger partial charge is 0.493 e. The van der Waals surface area contributed by atoms with Crippen molar-refractivity contribution < 1.29 is 14.3 Å². The summed E-state index contributed by atoms with van der Waals surface area (Å²) >= 11 is 8.72. The van der Waals surface area contributed by atoms with Gasteiger partial charge in [0.1, 0.15) is 5.75 Å². The number of piperidine rings is 1. The first kappa shape index (κ1) is 24.2. The van der Waals surface area contributed by atoms with Gasteiger partial charge in [-0.25, -0.2) is 0 Å². The molecule has 3 rings (SSSR count). The summed E-state index contributed by atoms with van der Waals surface area (Å²) in [6, 6.07) is 12.4. The van der Waals surface area contributed by atoms with E-state index in [4.69, 9.17) is 17.0 Å². The highest BCUT2D eigenvalue weighted by atomic mass is 79.9. The molecule has 0 aliphatic carbocycles. The standard InChI is InChI=1S/C24H28BrN3O3S/c1-3-13-31-21-8-7-18(25)15-20(21)22(29)27-24(32)26-19-6-4-5-17(14-19)23(30)28-11-9-16(2)10-12-28/h4-8,14-16H,3,9-13H2,1-2H3,(H2,26,27,29,32). The highest BCUT2D eigenvalue weighted by Crippen LogP contribution is 2.24. The van der Waals surface area contributed by atoms with Gasteiger partial charge < -0.3 is 15.0 Å². The third kappa shape index (κ3) is 6.53. The molecular weight excluding hydrogens is 490 g/mol. The molecular formula is C24H28BrN3O3S. The second-order valence-electron chi connectivity index (χ2n) is 7.95. The maximum absolute atomic E-state index is 12.8. The summed E-state index contributed by atoms with van der Waals surface area (Å²) in [6.07, 6.45) is 2.89. The third-order valence-electron chi connectivity index (χ3n) is 5.31. The van der Waals surface area contributed by atoms with Gasteiger partial charge in [-0.05, 0) is 73.8 Å². The summed E-state index contributed by atoms with van der Waals surface area (Å²) in [5.41, 5.74) is 1.63. The van der Waals surface area contributed by atoms with E-state index in [0.29, 0.717) is 35.1 Å².